The molecule has 124 valence electrons. The van der Waals surface area contributed by atoms with Crippen molar-refractivity contribution >= 4 is 11.6 Å². The van der Waals surface area contributed by atoms with Gasteiger partial charge in [0.2, 0.25) is 5.91 Å². The van der Waals surface area contributed by atoms with Gasteiger partial charge in [-0.2, -0.15) is 0 Å². The van der Waals surface area contributed by atoms with Crippen molar-refractivity contribution in [1.29, 1.82) is 0 Å². The number of oxime groups is 1. The molecule has 2 unspecified atom stereocenters. The van der Waals surface area contributed by atoms with E-state index in [2.05, 4.69) is 43.4 Å². The Morgan fingerprint density at radius 2 is 1.91 bits per heavy atom. The average Bonchev–Trinajstić information content (AvgIpc) is 2.85. The highest BCUT2D eigenvalue weighted by Gasteiger charge is 2.71. The first kappa shape index (κ1) is 16.0. The maximum absolute atomic E-state index is 13.0. The number of nitrogens with one attached hydrogen (secondary N) is 1. The van der Waals surface area contributed by atoms with E-state index < -0.39 is 5.41 Å². The summed E-state index contributed by atoms with van der Waals surface area (Å²) >= 11 is 0. The predicted octanol–water partition coefficient (Wildman–Crippen LogP) is 3.39. The van der Waals surface area contributed by atoms with Crippen LogP contribution in [0.5, 0.6) is 0 Å². The van der Waals surface area contributed by atoms with E-state index in [1.54, 1.807) is 0 Å². The Balaban J connectivity index is 1.72. The molecule has 0 aliphatic heterocycles. The first-order chi connectivity index (χ1) is 10.9. The molecular formula is C19H26N2O2. The summed E-state index contributed by atoms with van der Waals surface area (Å²) in [7, 11) is 0. The molecule has 1 aromatic rings. The molecule has 2 fully saturated rings. The van der Waals surface area contributed by atoms with Crippen LogP contribution in [-0.2, 0) is 11.2 Å². The summed E-state index contributed by atoms with van der Waals surface area (Å²) in [6.45, 7) is 7.07. The highest BCUT2D eigenvalue weighted by atomic mass is 16.4. The van der Waals surface area contributed by atoms with Gasteiger partial charge in [0.05, 0.1) is 11.1 Å². The number of hydrogen-bond donors (Lipinski definition) is 2. The molecule has 1 aromatic carbocycles. The monoisotopic (exact) mass is 314 g/mol. The first-order valence-electron chi connectivity index (χ1n) is 8.41. The molecule has 1 amide bonds. The lowest BCUT2D eigenvalue weighted by atomic mass is 9.64. The Bertz CT molecular complexity index is 638. The molecule has 4 nitrogen and oxygen atoms in total. The zero-order valence-corrected chi connectivity index (χ0v) is 14.2. The number of amides is 1. The molecular weight excluding hydrogens is 288 g/mol. The molecule has 2 aliphatic rings. The van der Waals surface area contributed by atoms with Crippen molar-refractivity contribution in [2.75, 3.05) is 6.54 Å². The van der Waals surface area contributed by atoms with Crippen LogP contribution in [0, 0.1) is 16.2 Å². The quantitative estimate of drug-likeness (QED) is 0.661. The van der Waals surface area contributed by atoms with E-state index >= 15 is 0 Å². The maximum atomic E-state index is 13.0. The first-order valence-corrected chi connectivity index (χ1v) is 8.41. The van der Waals surface area contributed by atoms with Crippen LogP contribution in [0.1, 0.15) is 45.6 Å². The fourth-order valence-electron chi connectivity index (χ4n) is 4.67. The Morgan fingerprint density at radius 1 is 1.22 bits per heavy atom. The van der Waals surface area contributed by atoms with E-state index in [9.17, 15) is 10.0 Å². The van der Waals surface area contributed by atoms with E-state index in [0.29, 0.717) is 13.0 Å². The van der Waals surface area contributed by atoms with Crippen molar-refractivity contribution in [2.45, 2.75) is 46.5 Å². The van der Waals surface area contributed by atoms with Crippen molar-refractivity contribution in [3.05, 3.63) is 35.9 Å². The summed E-state index contributed by atoms with van der Waals surface area (Å²) in [6.07, 6.45) is 3.18. The van der Waals surface area contributed by atoms with Crippen LogP contribution in [0.3, 0.4) is 0 Å². The fraction of sp³-hybridized carbons (Fsp3) is 0.579. The predicted molar refractivity (Wildman–Crippen MR) is 90.5 cm³/mol. The molecule has 0 radical (unpaired) electrons. The van der Waals surface area contributed by atoms with E-state index in [1.165, 1.54) is 5.56 Å². The molecule has 4 heteroatoms. The second-order valence-corrected chi connectivity index (χ2v) is 7.75. The minimum atomic E-state index is -0.444. The van der Waals surface area contributed by atoms with E-state index in [-0.39, 0.29) is 16.7 Å². The van der Waals surface area contributed by atoms with Crippen molar-refractivity contribution < 1.29 is 10.0 Å². The van der Waals surface area contributed by atoms with E-state index in [0.717, 1.165) is 25.0 Å². The van der Waals surface area contributed by atoms with Gasteiger partial charge in [0.1, 0.15) is 0 Å². The molecule has 2 bridgehead atoms. The number of rotatable bonds is 4. The Hall–Kier alpha value is -1.84. The van der Waals surface area contributed by atoms with Gasteiger partial charge in [0.15, 0.2) is 0 Å². The van der Waals surface area contributed by atoms with Gasteiger partial charge in [-0.15, -0.1) is 0 Å². The van der Waals surface area contributed by atoms with Crippen LogP contribution in [-0.4, -0.2) is 23.4 Å². The summed E-state index contributed by atoms with van der Waals surface area (Å²) < 4.78 is 0. The van der Waals surface area contributed by atoms with Crippen LogP contribution in [0.25, 0.3) is 0 Å². The topological polar surface area (TPSA) is 61.7 Å². The van der Waals surface area contributed by atoms with Crippen LogP contribution in [0.4, 0.5) is 0 Å². The molecule has 3 rings (SSSR count). The minimum absolute atomic E-state index is 0.112. The van der Waals surface area contributed by atoms with Crippen molar-refractivity contribution in [1.82, 2.24) is 5.32 Å². The standard InChI is InChI=1S/C19H26N2O2/c1-17(2)18(3)10-11-19(17,13-15(18)21-23)16(22)20-12-9-14-7-5-4-6-8-14/h4-8,23H,9-13H2,1-3H3,(H,20,22)/b21-15+. The van der Waals surface area contributed by atoms with Gasteiger partial charge in [-0.05, 0) is 30.2 Å². The number of fused-ring (bicyclic) bond motifs is 2. The smallest absolute Gasteiger partial charge is 0.227 e. The van der Waals surface area contributed by atoms with Crippen molar-refractivity contribution in [3.8, 4) is 0 Å². The average molecular weight is 314 g/mol. The zero-order valence-electron chi connectivity index (χ0n) is 14.2. The van der Waals surface area contributed by atoms with E-state index in [1.807, 2.05) is 18.2 Å². The van der Waals surface area contributed by atoms with Crippen LogP contribution >= 0.6 is 0 Å². The number of benzene rings is 1. The number of hydrogen-bond acceptors (Lipinski definition) is 3. The second-order valence-electron chi connectivity index (χ2n) is 7.75. The summed E-state index contributed by atoms with van der Waals surface area (Å²) in [4.78, 5) is 13.0. The summed E-state index contributed by atoms with van der Waals surface area (Å²) in [6, 6.07) is 10.2. The molecule has 2 N–H and O–H groups in total. The van der Waals surface area contributed by atoms with E-state index in [4.69, 9.17) is 0 Å². The normalized spacial score (nSPS) is 33.1. The second kappa shape index (κ2) is 5.36. The summed E-state index contributed by atoms with van der Waals surface area (Å²) in [5.41, 5.74) is 1.19. The Kier molecular flexibility index (Phi) is 3.74. The third-order valence-corrected chi connectivity index (χ3v) is 6.83. The van der Waals surface area contributed by atoms with Gasteiger partial charge in [-0.3, -0.25) is 4.79 Å². The summed E-state index contributed by atoms with van der Waals surface area (Å²) in [5.74, 6) is 0.112. The maximum Gasteiger partial charge on any atom is 0.227 e. The molecule has 2 atom stereocenters. The lowest BCUT2D eigenvalue weighted by Crippen LogP contribution is -2.47. The van der Waals surface area contributed by atoms with Gasteiger partial charge in [0.25, 0.3) is 0 Å². The van der Waals surface area contributed by atoms with Gasteiger partial charge < -0.3 is 10.5 Å². The SMILES string of the molecule is CC12CCC(C(=O)NCCc3ccccc3)(C/C1=N\O)C2(C)C. The minimum Gasteiger partial charge on any atom is -0.411 e. The van der Waals surface area contributed by atoms with Crippen molar-refractivity contribution in [3.63, 3.8) is 0 Å². The summed E-state index contributed by atoms with van der Waals surface area (Å²) in [5, 5.41) is 16.0. The van der Waals surface area contributed by atoms with Crippen LogP contribution < -0.4 is 5.32 Å². The molecule has 0 aromatic heterocycles. The van der Waals surface area contributed by atoms with Gasteiger partial charge >= 0.3 is 0 Å². The number of carbonyl (C=O) groups excluding carboxylic acids is 1. The zero-order chi connectivity index (χ0) is 16.7. The molecule has 2 saturated carbocycles. The van der Waals surface area contributed by atoms with Crippen LogP contribution in [0.2, 0.25) is 0 Å². The Morgan fingerprint density at radius 3 is 2.52 bits per heavy atom. The largest absolute Gasteiger partial charge is 0.411 e. The van der Waals surface area contributed by atoms with Gasteiger partial charge in [-0.1, -0.05) is 56.3 Å². The molecule has 23 heavy (non-hydrogen) atoms. The third-order valence-electron chi connectivity index (χ3n) is 6.83. The highest BCUT2D eigenvalue weighted by molar-refractivity contribution is 6.02. The number of nitrogens with zero attached hydrogens (tertiary/aromatic N) is 1. The van der Waals surface area contributed by atoms with Gasteiger partial charge in [0, 0.05) is 18.4 Å². The number of carbonyl (C=O) groups is 1. The molecule has 2 aliphatic carbocycles. The van der Waals surface area contributed by atoms with Crippen molar-refractivity contribution in [2.24, 2.45) is 21.4 Å². The molecule has 0 spiro atoms. The highest BCUT2D eigenvalue weighted by Crippen LogP contribution is 2.70. The Labute approximate surface area is 138 Å². The molecule has 0 saturated heterocycles. The lowest BCUT2D eigenvalue weighted by molar-refractivity contribution is -0.135. The fourth-order valence-corrected chi connectivity index (χ4v) is 4.67. The van der Waals surface area contributed by atoms with Crippen LogP contribution in [0.15, 0.2) is 35.5 Å². The molecule has 0 heterocycles. The van der Waals surface area contributed by atoms with Gasteiger partial charge in [-0.25, -0.2) is 0 Å². The third kappa shape index (κ3) is 2.11. The lowest BCUT2D eigenvalue weighted by Gasteiger charge is -2.39.